The maximum Gasteiger partial charge on any atom is 0.297 e. The van der Waals surface area contributed by atoms with Crippen molar-refractivity contribution in [2.24, 2.45) is 0 Å². The van der Waals surface area contributed by atoms with Crippen LogP contribution in [0.1, 0.15) is 25.0 Å². The number of aryl methyl sites for hydroxylation is 1. The van der Waals surface area contributed by atoms with Crippen LogP contribution in [0.2, 0.25) is 5.02 Å². The van der Waals surface area contributed by atoms with Crippen LogP contribution < -0.4 is 0 Å². The van der Waals surface area contributed by atoms with Crippen molar-refractivity contribution in [3.05, 3.63) is 64.7 Å². The van der Waals surface area contributed by atoms with Gasteiger partial charge in [-0.2, -0.15) is 8.42 Å². The third kappa shape index (κ3) is 4.23. The summed E-state index contributed by atoms with van der Waals surface area (Å²) >= 11 is 5.85. The maximum absolute atomic E-state index is 12.5. The van der Waals surface area contributed by atoms with E-state index in [0.717, 1.165) is 11.1 Å². The number of rotatable bonds is 6. The predicted molar refractivity (Wildman–Crippen MR) is 93.8 cm³/mol. The first-order valence-electron chi connectivity index (χ1n) is 7.38. The first-order valence-corrected chi connectivity index (χ1v) is 9.17. The Balaban J connectivity index is 2.11. The summed E-state index contributed by atoms with van der Waals surface area (Å²) in [5, 5.41) is 0.570. The van der Waals surface area contributed by atoms with Gasteiger partial charge in [0.1, 0.15) is 6.61 Å². The second kappa shape index (κ2) is 7.05. The standard InChI is InChI=1S/C18H19ClO4S/c1-13-4-10-16(11-5-13)24(21,22)23-12-17(20)18(2,3)14-6-8-15(19)9-7-14/h4-11H,12H2,1-3H3. The highest BCUT2D eigenvalue weighted by Gasteiger charge is 2.31. The quantitative estimate of drug-likeness (QED) is 0.727. The van der Waals surface area contributed by atoms with Crippen LogP contribution in [-0.2, 0) is 24.5 Å². The Morgan fingerprint density at radius 1 is 1.04 bits per heavy atom. The number of carbonyl (C=O) groups excluding carboxylic acids is 1. The smallest absolute Gasteiger partial charge is 0.296 e. The maximum atomic E-state index is 12.5. The van der Waals surface area contributed by atoms with Crippen LogP contribution in [0, 0.1) is 6.92 Å². The highest BCUT2D eigenvalue weighted by Crippen LogP contribution is 2.26. The Morgan fingerprint density at radius 3 is 2.12 bits per heavy atom. The molecule has 0 aliphatic carbocycles. The lowest BCUT2D eigenvalue weighted by molar-refractivity contribution is -0.125. The first kappa shape index (κ1) is 18.6. The van der Waals surface area contributed by atoms with E-state index in [1.54, 1.807) is 50.2 Å². The van der Waals surface area contributed by atoms with E-state index in [1.165, 1.54) is 12.1 Å². The number of Topliss-reactive ketones (excluding diaryl/α,β-unsaturated/α-hetero) is 1. The number of benzene rings is 2. The summed E-state index contributed by atoms with van der Waals surface area (Å²) < 4.78 is 29.3. The molecular formula is C18H19ClO4S. The summed E-state index contributed by atoms with van der Waals surface area (Å²) in [7, 11) is -3.96. The highest BCUT2D eigenvalue weighted by atomic mass is 35.5. The third-order valence-corrected chi connectivity index (χ3v) is 5.45. The molecule has 128 valence electrons. The normalized spacial score (nSPS) is 12.2. The molecule has 6 heteroatoms. The minimum atomic E-state index is -3.96. The van der Waals surface area contributed by atoms with Gasteiger partial charge in [0.05, 0.1) is 10.3 Å². The molecule has 0 aliphatic rings. The highest BCUT2D eigenvalue weighted by molar-refractivity contribution is 7.86. The van der Waals surface area contributed by atoms with E-state index in [0.29, 0.717) is 5.02 Å². The fourth-order valence-corrected chi connectivity index (χ4v) is 3.11. The summed E-state index contributed by atoms with van der Waals surface area (Å²) in [6.45, 7) is 4.78. The van der Waals surface area contributed by atoms with E-state index in [4.69, 9.17) is 15.8 Å². The average molecular weight is 367 g/mol. The molecule has 2 aromatic rings. The largest absolute Gasteiger partial charge is 0.297 e. The lowest BCUT2D eigenvalue weighted by atomic mass is 9.81. The van der Waals surface area contributed by atoms with Crippen molar-refractivity contribution in [1.29, 1.82) is 0 Å². The molecule has 0 heterocycles. The van der Waals surface area contributed by atoms with Gasteiger partial charge in [-0.3, -0.25) is 8.98 Å². The van der Waals surface area contributed by atoms with Gasteiger partial charge < -0.3 is 0 Å². The van der Waals surface area contributed by atoms with Crippen molar-refractivity contribution in [2.75, 3.05) is 6.61 Å². The van der Waals surface area contributed by atoms with Gasteiger partial charge in [0.25, 0.3) is 10.1 Å². The Morgan fingerprint density at radius 2 is 1.58 bits per heavy atom. The predicted octanol–water partition coefficient (Wildman–Crippen LogP) is 3.90. The molecule has 0 amide bonds. The van der Waals surface area contributed by atoms with Crippen molar-refractivity contribution < 1.29 is 17.4 Å². The van der Waals surface area contributed by atoms with Crippen molar-refractivity contribution >= 4 is 27.5 Å². The SMILES string of the molecule is Cc1ccc(S(=O)(=O)OCC(=O)C(C)(C)c2ccc(Cl)cc2)cc1. The zero-order valence-electron chi connectivity index (χ0n) is 13.7. The van der Waals surface area contributed by atoms with Gasteiger partial charge in [0.15, 0.2) is 5.78 Å². The monoisotopic (exact) mass is 366 g/mol. The zero-order chi connectivity index (χ0) is 18.0. The molecule has 0 spiro atoms. The Bertz CT molecular complexity index is 822. The van der Waals surface area contributed by atoms with Crippen molar-refractivity contribution in [3.63, 3.8) is 0 Å². The summed E-state index contributed by atoms with van der Waals surface area (Å²) in [5.74, 6) is -0.333. The summed E-state index contributed by atoms with van der Waals surface area (Å²) in [4.78, 5) is 12.5. The summed E-state index contributed by atoms with van der Waals surface area (Å²) in [6, 6.07) is 13.1. The molecule has 2 aromatic carbocycles. The van der Waals surface area contributed by atoms with E-state index in [9.17, 15) is 13.2 Å². The minimum Gasteiger partial charge on any atom is -0.296 e. The fourth-order valence-electron chi connectivity index (χ4n) is 2.11. The van der Waals surface area contributed by atoms with Crippen LogP contribution in [0.3, 0.4) is 0 Å². The molecule has 24 heavy (non-hydrogen) atoms. The Hall–Kier alpha value is -1.69. The van der Waals surface area contributed by atoms with Crippen LogP contribution in [0.4, 0.5) is 0 Å². The zero-order valence-corrected chi connectivity index (χ0v) is 15.3. The topological polar surface area (TPSA) is 60.4 Å². The molecule has 0 saturated heterocycles. The summed E-state index contributed by atoms with van der Waals surface area (Å²) in [5.41, 5.74) is 0.801. The molecule has 4 nitrogen and oxygen atoms in total. The van der Waals surface area contributed by atoms with Gasteiger partial charge in [-0.05, 0) is 50.6 Å². The molecule has 0 bridgehead atoms. The lowest BCUT2D eigenvalue weighted by Crippen LogP contribution is -2.33. The number of hydrogen-bond acceptors (Lipinski definition) is 4. The molecule has 0 saturated carbocycles. The second-order valence-corrected chi connectivity index (χ2v) is 8.14. The van der Waals surface area contributed by atoms with Crippen molar-refractivity contribution in [2.45, 2.75) is 31.1 Å². The molecular weight excluding hydrogens is 348 g/mol. The Kier molecular flexibility index (Phi) is 5.48. The molecule has 0 aromatic heterocycles. The van der Waals surface area contributed by atoms with Gasteiger partial charge in [0.2, 0.25) is 0 Å². The van der Waals surface area contributed by atoms with Gasteiger partial charge in [-0.25, -0.2) is 0 Å². The number of carbonyl (C=O) groups is 1. The fraction of sp³-hybridized carbons (Fsp3) is 0.278. The second-order valence-electron chi connectivity index (χ2n) is 6.08. The van der Waals surface area contributed by atoms with E-state index >= 15 is 0 Å². The van der Waals surface area contributed by atoms with Crippen LogP contribution in [0.5, 0.6) is 0 Å². The van der Waals surface area contributed by atoms with Gasteiger partial charge in [-0.1, -0.05) is 41.4 Å². The van der Waals surface area contributed by atoms with Gasteiger partial charge in [-0.15, -0.1) is 0 Å². The van der Waals surface area contributed by atoms with E-state index in [1.807, 2.05) is 6.92 Å². The molecule has 0 N–H and O–H groups in total. The van der Waals surface area contributed by atoms with Crippen LogP contribution >= 0.6 is 11.6 Å². The van der Waals surface area contributed by atoms with Crippen molar-refractivity contribution in [3.8, 4) is 0 Å². The van der Waals surface area contributed by atoms with Crippen LogP contribution in [-0.4, -0.2) is 20.8 Å². The van der Waals surface area contributed by atoms with Crippen LogP contribution in [0.25, 0.3) is 0 Å². The number of halogens is 1. The Labute approximate surface area is 147 Å². The van der Waals surface area contributed by atoms with Crippen LogP contribution in [0.15, 0.2) is 53.4 Å². The van der Waals surface area contributed by atoms with Crippen molar-refractivity contribution in [1.82, 2.24) is 0 Å². The number of ketones is 1. The van der Waals surface area contributed by atoms with E-state index < -0.39 is 22.1 Å². The molecule has 0 fully saturated rings. The molecule has 0 radical (unpaired) electrons. The molecule has 2 rings (SSSR count). The van der Waals surface area contributed by atoms with Gasteiger partial charge in [0, 0.05) is 5.02 Å². The number of hydrogen-bond donors (Lipinski definition) is 0. The van der Waals surface area contributed by atoms with E-state index in [-0.39, 0.29) is 10.7 Å². The third-order valence-electron chi connectivity index (χ3n) is 3.92. The molecule has 0 aliphatic heterocycles. The van der Waals surface area contributed by atoms with Gasteiger partial charge >= 0.3 is 0 Å². The summed E-state index contributed by atoms with van der Waals surface area (Å²) in [6.07, 6.45) is 0. The average Bonchev–Trinajstić information content (AvgIpc) is 2.53. The van der Waals surface area contributed by atoms with E-state index in [2.05, 4.69) is 0 Å². The minimum absolute atomic E-state index is 0.0326. The first-order chi connectivity index (χ1) is 11.1. The molecule has 0 unspecified atom stereocenters. The molecule has 0 atom stereocenters. The lowest BCUT2D eigenvalue weighted by Gasteiger charge is -2.23.